The zero-order valence-corrected chi connectivity index (χ0v) is 9.31. The minimum Gasteiger partial charge on any atom is -0.478 e. The number of carbonyl (C=O) groups is 1. The van der Waals surface area contributed by atoms with Gasteiger partial charge in [-0.05, 0) is 30.7 Å². The molecule has 1 unspecified atom stereocenters. The number of benzene rings is 1. The Balaban J connectivity index is 2.86. The fourth-order valence-corrected chi connectivity index (χ4v) is 1.30. The van der Waals surface area contributed by atoms with Crippen molar-refractivity contribution in [1.29, 1.82) is 0 Å². The summed E-state index contributed by atoms with van der Waals surface area (Å²) in [6.45, 7) is 1.47. The number of ether oxygens (including phenoxy) is 1. The fraction of sp³-hybridized carbons (Fsp3) is 0.182. The molecule has 0 aliphatic heterocycles. The van der Waals surface area contributed by atoms with E-state index in [-0.39, 0.29) is 0 Å². The Bertz CT molecular complexity index is 412. The molecule has 0 fully saturated rings. The van der Waals surface area contributed by atoms with Gasteiger partial charge in [-0.3, -0.25) is 0 Å². The van der Waals surface area contributed by atoms with E-state index in [4.69, 9.17) is 26.6 Å². The molecular formula is C11H11ClO4. The van der Waals surface area contributed by atoms with Gasteiger partial charge in [-0.25, -0.2) is 4.79 Å². The van der Waals surface area contributed by atoms with Crippen molar-refractivity contribution in [2.75, 3.05) is 0 Å². The maximum Gasteiger partial charge on any atom is 0.328 e. The van der Waals surface area contributed by atoms with E-state index >= 15 is 0 Å². The van der Waals surface area contributed by atoms with Crippen molar-refractivity contribution < 1.29 is 19.7 Å². The number of hydrogen-bond acceptors (Lipinski definition) is 3. The highest BCUT2D eigenvalue weighted by molar-refractivity contribution is 6.32. The van der Waals surface area contributed by atoms with Crippen molar-refractivity contribution in [2.24, 2.45) is 0 Å². The highest BCUT2D eigenvalue weighted by Crippen LogP contribution is 2.26. The van der Waals surface area contributed by atoms with Gasteiger partial charge in [-0.2, -0.15) is 0 Å². The molecule has 0 saturated carbocycles. The number of aliphatic hydroxyl groups is 1. The van der Waals surface area contributed by atoms with Crippen LogP contribution in [0, 0.1) is 0 Å². The van der Waals surface area contributed by atoms with Gasteiger partial charge in [0.1, 0.15) is 5.75 Å². The first kappa shape index (κ1) is 12.5. The molecule has 2 N–H and O–H groups in total. The van der Waals surface area contributed by atoms with Crippen LogP contribution in [0.2, 0.25) is 5.02 Å². The lowest BCUT2D eigenvalue weighted by Gasteiger charge is -2.10. The third-order valence-corrected chi connectivity index (χ3v) is 1.97. The van der Waals surface area contributed by atoms with Crippen LogP contribution in [-0.4, -0.2) is 22.5 Å². The number of carboxylic acids is 1. The number of halogens is 1. The summed E-state index contributed by atoms with van der Waals surface area (Å²) in [5.74, 6) is -0.676. The Morgan fingerprint density at radius 3 is 2.75 bits per heavy atom. The van der Waals surface area contributed by atoms with Crippen LogP contribution in [0.5, 0.6) is 5.75 Å². The van der Waals surface area contributed by atoms with Crippen LogP contribution in [0.25, 0.3) is 6.08 Å². The van der Waals surface area contributed by atoms with E-state index in [1.807, 2.05) is 0 Å². The molecule has 0 bridgehead atoms. The van der Waals surface area contributed by atoms with Gasteiger partial charge >= 0.3 is 5.97 Å². The summed E-state index contributed by atoms with van der Waals surface area (Å²) in [5, 5.41) is 17.8. The predicted octanol–water partition coefficient (Wildman–Crippen LogP) is 2.15. The molecule has 0 aliphatic carbocycles. The van der Waals surface area contributed by atoms with Crippen LogP contribution in [-0.2, 0) is 4.79 Å². The second-order valence-electron chi connectivity index (χ2n) is 3.08. The molecular weight excluding hydrogens is 232 g/mol. The van der Waals surface area contributed by atoms with E-state index in [9.17, 15) is 4.79 Å². The molecule has 1 rings (SSSR count). The third kappa shape index (κ3) is 3.92. The monoisotopic (exact) mass is 242 g/mol. The molecule has 4 nitrogen and oxygen atoms in total. The van der Waals surface area contributed by atoms with E-state index in [0.717, 1.165) is 6.08 Å². The van der Waals surface area contributed by atoms with Crippen LogP contribution in [0.15, 0.2) is 24.3 Å². The van der Waals surface area contributed by atoms with Gasteiger partial charge in [0.15, 0.2) is 6.29 Å². The van der Waals surface area contributed by atoms with Gasteiger partial charge in [0.05, 0.1) is 5.02 Å². The van der Waals surface area contributed by atoms with Crippen molar-refractivity contribution in [2.45, 2.75) is 13.2 Å². The molecule has 5 heteroatoms. The van der Waals surface area contributed by atoms with E-state index in [1.54, 1.807) is 18.2 Å². The van der Waals surface area contributed by atoms with E-state index in [1.165, 1.54) is 13.0 Å². The summed E-state index contributed by atoms with van der Waals surface area (Å²) < 4.78 is 5.01. The first-order valence-corrected chi connectivity index (χ1v) is 4.92. The molecule has 0 heterocycles. The maximum absolute atomic E-state index is 10.3. The van der Waals surface area contributed by atoms with Crippen LogP contribution < -0.4 is 4.74 Å². The average Bonchev–Trinajstić information content (AvgIpc) is 2.18. The minimum atomic E-state index is -1.03. The van der Waals surface area contributed by atoms with Gasteiger partial charge in [-0.15, -0.1) is 0 Å². The number of aliphatic carboxylic acids is 1. The van der Waals surface area contributed by atoms with Crippen LogP contribution in [0.1, 0.15) is 12.5 Å². The summed E-state index contributed by atoms with van der Waals surface area (Å²) in [5.41, 5.74) is 0.644. The second-order valence-corrected chi connectivity index (χ2v) is 3.49. The van der Waals surface area contributed by atoms with Crippen molar-refractivity contribution in [3.05, 3.63) is 34.9 Å². The SMILES string of the molecule is CC(O)Oc1ccc(/C=C/C(=O)O)cc1Cl. The zero-order chi connectivity index (χ0) is 12.1. The molecule has 1 aromatic carbocycles. The van der Waals surface area contributed by atoms with Crippen molar-refractivity contribution in [1.82, 2.24) is 0 Å². The first-order valence-electron chi connectivity index (χ1n) is 4.54. The highest BCUT2D eigenvalue weighted by Gasteiger charge is 2.04. The molecule has 16 heavy (non-hydrogen) atoms. The van der Waals surface area contributed by atoms with Gasteiger partial charge in [0, 0.05) is 6.08 Å². The number of hydrogen-bond donors (Lipinski definition) is 2. The molecule has 0 radical (unpaired) electrons. The van der Waals surface area contributed by atoms with E-state index in [2.05, 4.69) is 0 Å². The van der Waals surface area contributed by atoms with Crippen LogP contribution in [0.4, 0.5) is 0 Å². The topological polar surface area (TPSA) is 66.8 Å². The van der Waals surface area contributed by atoms with Crippen molar-refractivity contribution in [3.63, 3.8) is 0 Å². The smallest absolute Gasteiger partial charge is 0.328 e. The fourth-order valence-electron chi connectivity index (χ4n) is 1.07. The lowest BCUT2D eigenvalue weighted by atomic mass is 10.2. The molecule has 1 atom stereocenters. The largest absolute Gasteiger partial charge is 0.478 e. The van der Waals surface area contributed by atoms with E-state index in [0.29, 0.717) is 16.3 Å². The van der Waals surface area contributed by atoms with Crippen LogP contribution in [0.3, 0.4) is 0 Å². The predicted molar refractivity (Wildman–Crippen MR) is 60.4 cm³/mol. The number of rotatable bonds is 4. The average molecular weight is 243 g/mol. The summed E-state index contributed by atoms with van der Waals surface area (Å²) in [4.78, 5) is 10.3. The molecule has 0 aromatic heterocycles. The molecule has 86 valence electrons. The summed E-state index contributed by atoms with van der Waals surface area (Å²) >= 11 is 5.87. The summed E-state index contributed by atoms with van der Waals surface area (Å²) in [7, 11) is 0. The molecule has 0 spiro atoms. The van der Waals surface area contributed by atoms with Gasteiger partial charge in [-0.1, -0.05) is 17.7 Å². The molecule has 1 aromatic rings. The molecule has 0 aliphatic rings. The Morgan fingerprint density at radius 1 is 1.56 bits per heavy atom. The molecule has 0 amide bonds. The normalized spacial score (nSPS) is 12.7. The second kappa shape index (κ2) is 5.53. The maximum atomic E-state index is 10.3. The lowest BCUT2D eigenvalue weighted by Crippen LogP contribution is -2.09. The molecule has 0 saturated heterocycles. The van der Waals surface area contributed by atoms with Gasteiger partial charge < -0.3 is 14.9 Å². The van der Waals surface area contributed by atoms with E-state index < -0.39 is 12.3 Å². The minimum absolute atomic E-state index is 0.313. The highest BCUT2D eigenvalue weighted by atomic mass is 35.5. The number of carboxylic acid groups (broad SMARTS) is 1. The summed E-state index contributed by atoms with van der Waals surface area (Å²) in [6.07, 6.45) is 1.49. The standard InChI is InChI=1S/C11H11ClO4/c1-7(13)16-10-4-2-8(6-9(10)12)3-5-11(14)15/h2-7,13H,1H3,(H,14,15)/b5-3+. The zero-order valence-electron chi connectivity index (χ0n) is 8.55. The Morgan fingerprint density at radius 2 is 2.25 bits per heavy atom. The van der Waals surface area contributed by atoms with Crippen LogP contribution >= 0.6 is 11.6 Å². The quantitative estimate of drug-likeness (QED) is 0.627. The Kier molecular flexibility index (Phi) is 4.34. The Hall–Kier alpha value is -1.52. The lowest BCUT2D eigenvalue weighted by molar-refractivity contribution is -0.131. The third-order valence-electron chi connectivity index (χ3n) is 1.67. The van der Waals surface area contributed by atoms with Gasteiger partial charge in [0.25, 0.3) is 0 Å². The Labute approximate surface area is 97.7 Å². The van der Waals surface area contributed by atoms with Crippen molar-refractivity contribution >= 4 is 23.6 Å². The number of aliphatic hydroxyl groups excluding tert-OH is 1. The first-order chi connectivity index (χ1) is 7.49. The van der Waals surface area contributed by atoms with Gasteiger partial charge in [0.2, 0.25) is 0 Å². The van der Waals surface area contributed by atoms with Crippen molar-refractivity contribution in [3.8, 4) is 5.75 Å². The summed E-state index contributed by atoms with van der Waals surface area (Å²) in [6, 6.07) is 4.76.